The molecule has 0 aromatic carbocycles. The van der Waals surface area contributed by atoms with Gasteiger partial charge < -0.3 is 21.3 Å². The van der Waals surface area contributed by atoms with Crippen LogP contribution in [0.15, 0.2) is 23.3 Å². The Morgan fingerprint density at radius 2 is 1.96 bits per heavy atom. The number of primary amides is 2. The quantitative estimate of drug-likeness (QED) is 0.219. The van der Waals surface area contributed by atoms with Crippen molar-refractivity contribution >= 4 is 35.5 Å². The summed E-state index contributed by atoms with van der Waals surface area (Å²) in [6, 6.07) is 0. The van der Waals surface area contributed by atoms with Crippen LogP contribution in [-0.4, -0.2) is 76.3 Å². The van der Waals surface area contributed by atoms with Gasteiger partial charge in [-0.3, -0.25) is 24.2 Å². The Labute approximate surface area is 160 Å². The van der Waals surface area contributed by atoms with Crippen LogP contribution in [0.5, 0.6) is 0 Å². The summed E-state index contributed by atoms with van der Waals surface area (Å²) in [5.41, 5.74) is 10.4. The second-order valence-corrected chi connectivity index (χ2v) is 7.43. The molecule has 3 amide bonds. The second kappa shape index (κ2) is 8.55. The molecule has 5 N–H and O–H groups in total. The van der Waals surface area contributed by atoms with E-state index in [2.05, 4.69) is 6.58 Å². The number of ether oxygens (including phenoxy) is 1. The summed E-state index contributed by atoms with van der Waals surface area (Å²) in [7, 11) is 0. The van der Waals surface area contributed by atoms with Crippen molar-refractivity contribution in [3.05, 3.63) is 23.3 Å². The highest BCUT2D eigenvalue weighted by Gasteiger charge is 2.57. The summed E-state index contributed by atoms with van der Waals surface area (Å²) in [4.78, 5) is 50.5. The number of nitrogens with zero attached hydrogens (tertiary/aromatic N) is 2. The number of nitrogens with two attached hydrogens (primary N) is 2. The zero-order chi connectivity index (χ0) is 20.3. The normalized spacial score (nSPS) is 22.3. The molecule has 27 heavy (non-hydrogen) atoms. The highest BCUT2D eigenvalue weighted by atomic mass is 32.2. The summed E-state index contributed by atoms with van der Waals surface area (Å²) in [5.74, 6) is -3.11. The van der Waals surface area contributed by atoms with Crippen molar-refractivity contribution in [1.29, 1.82) is 0 Å². The molecule has 0 radical (unpaired) electrons. The highest BCUT2D eigenvalue weighted by molar-refractivity contribution is 8.04. The van der Waals surface area contributed by atoms with Crippen LogP contribution in [-0.2, 0) is 23.9 Å². The number of carbonyl (C=O) groups excluding carboxylic acids is 4. The molecular formula is C16H22N4O6S. The Hall–Kier alpha value is -2.37. The van der Waals surface area contributed by atoms with Crippen LogP contribution < -0.4 is 11.5 Å². The van der Waals surface area contributed by atoms with Crippen molar-refractivity contribution in [2.24, 2.45) is 17.4 Å². The Bertz CT molecular complexity index is 691. The van der Waals surface area contributed by atoms with Gasteiger partial charge in [-0.15, -0.1) is 11.8 Å². The molecule has 0 unspecified atom stereocenters. The minimum Gasteiger partial charge on any atom is -0.457 e. The molecule has 2 aliphatic rings. The summed E-state index contributed by atoms with van der Waals surface area (Å²) < 4.78 is 5.06. The van der Waals surface area contributed by atoms with E-state index >= 15 is 0 Å². The first-order valence-electron chi connectivity index (χ1n) is 8.15. The minimum atomic E-state index is -0.886. The van der Waals surface area contributed by atoms with Crippen molar-refractivity contribution in [1.82, 2.24) is 9.80 Å². The average molecular weight is 398 g/mol. The number of β-lactam (4-membered cyclic amide) rings is 1. The fraction of sp³-hybridized carbons (Fsp3) is 0.500. The maximum Gasteiger partial charge on any atom is 0.356 e. The predicted octanol–water partition coefficient (Wildman–Crippen LogP) is -1.89. The van der Waals surface area contributed by atoms with Crippen molar-refractivity contribution in [2.75, 3.05) is 26.2 Å². The molecule has 1 saturated heterocycles. The third-order valence-corrected chi connectivity index (χ3v) is 5.38. The third kappa shape index (κ3) is 4.49. The molecule has 148 valence electrons. The lowest BCUT2D eigenvalue weighted by molar-refractivity contribution is -0.158. The Morgan fingerprint density at radius 3 is 2.44 bits per heavy atom. The number of carbonyl (C=O) groups is 4. The van der Waals surface area contributed by atoms with Crippen molar-refractivity contribution in [3.8, 4) is 0 Å². The fourth-order valence-electron chi connectivity index (χ4n) is 2.97. The lowest BCUT2D eigenvalue weighted by Gasteiger charge is -2.43. The summed E-state index contributed by atoms with van der Waals surface area (Å²) in [6.45, 7) is 4.43. The van der Waals surface area contributed by atoms with Crippen LogP contribution in [0.2, 0.25) is 0 Å². The van der Waals surface area contributed by atoms with Gasteiger partial charge in [0, 0.05) is 11.4 Å². The zero-order valence-electron chi connectivity index (χ0n) is 14.8. The van der Waals surface area contributed by atoms with E-state index in [0.717, 1.165) is 0 Å². The van der Waals surface area contributed by atoms with Gasteiger partial charge in [-0.2, -0.15) is 0 Å². The van der Waals surface area contributed by atoms with Gasteiger partial charge in [0.15, 0.2) is 0 Å². The van der Waals surface area contributed by atoms with Crippen LogP contribution >= 0.6 is 11.8 Å². The molecule has 2 aliphatic heterocycles. The molecule has 11 heteroatoms. The first-order valence-corrected chi connectivity index (χ1v) is 9.03. The number of hydrogen-bond acceptors (Lipinski definition) is 8. The lowest BCUT2D eigenvalue weighted by atomic mass is 9.92. The second-order valence-electron chi connectivity index (χ2n) is 6.22. The number of amides is 3. The lowest BCUT2D eigenvalue weighted by Crippen LogP contribution is -2.60. The van der Waals surface area contributed by atoms with Crippen molar-refractivity contribution in [2.45, 2.75) is 18.4 Å². The van der Waals surface area contributed by atoms with E-state index in [4.69, 9.17) is 16.2 Å². The number of aliphatic hydroxyl groups is 1. The van der Waals surface area contributed by atoms with Crippen molar-refractivity contribution in [3.63, 3.8) is 0 Å². The average Bonchev–Trinajstić information content (AvgIpc) is 2.85. The SMILES string of the molecule is C=CCOC(=O)C1=C(CN(CC(N)=O)CC(N)=O)S[C@@H]2[C@@H]([C@@H](C)O)C(=O)N12. The first-order chi connectivity index (χ1) is 12.7. The van der Waals surface area contributed by atoms with Crippen molar-refractivity contribution < 1.29 is 29.0 Å². The number of thioether (sulfide) groups is 1. The van der Waals surface area contributed by atoms with E-state index in [1.54, 1.807) is 0 Å². The number of esters is 1. The van der Waals surface area contributed by atoms with Crippen LogP contribution in [0.25, 0.3) is 0 Å². The fourth-order valence-corrected chi connectivity index (χ4v) is 4.62. The van der Waals surface area contributed by atoms with Crippen LogP contribution in [0.3, 0.4) is 0 Å². The van der Waals surface area contributed by atoms with Gasteiger partial charge >= 0.3 is 5.97 Å². The largest absolute Gasteiger partial charge is 0.457 e. The van der Waals surface area contributed by atoms with Gasteiger partial charge in [0.1, 0.15) is 17.7 Å². The molecule has 2 heterocycles. The molecule has 0 saturated carbocycles. The maximum absolute atomic E-state index is 12.5. The summed E-state index contributed by atoms with van der Waals surface area (Å²) >= 11 is 1.21. The van der Waals surface area contributed by atoms with E-state index in [0.29, 0.717) is 4.91 Å². The predicted molar refractivity (Wildman–Crippen MR) is 96.4 cm³/mol. The summed E-state index contributed by atoms with van der Waals surface area (Å²) in [6.07, 6.45) is 0.504. The van der Waals surface area contributed by atoms with Crippen LogP contribution in [0.1, 0.15) is 6.92 Å². The van der Waals surface area contributed by atoms with Gasteiger partial charge in [-0.1, -0.05) is 12.7 Å². The molecule has 2 rings (SSSR count). The monoisotopic (exact) mass is 398 g/mol. The highest BCUT2D eigenvalue weighted by Crippen LogP contribution is 2.50. The van der Waals surface area contributed by atoms with E-state index in [9.17, 15) is 24.3 Å². The first kappa shape index (κ1) is 20.9. The molecule has 3 atom stereocenters. The maximum atomic E-state index is 12.5. The Kier molecular flexibility index (Phi) is 6.63. The molecular weight excluding hydrogens is 376 g/mol. The molecule has 1 fully saturated rings. The molecule has 0 aromatic heterocycles. The molecule has 10 nitrogen and oxygen atoms in total. The van der Waals surface area contributed by atoms with Crippen LogP contribution in [0, 0.1) is 5.92 Å². The van der Waals surface area contributed by atoms with E-state index in [1.807, 2.05) is 0 Å². The number of hydrogen-bond donors (Lipinski definition) is 3. The Morgan fingerprint density at radius 1 is 1.37 bits per heavy atom. The summed E-state index contributed by atoms with van der Waals surface area (Å²) in [5, 5.41) is 9.36. The van der Waals surface area contributed by atoms with Gasteiger partial charge in [-0.05, 0) is 6.92 Å². The van der Waals surface area contributed by atoms with E-state index < -0.39 is 35.2 Å². The van der Waals surface area contributed by atoms with E-state index in [1.165, 1.54) is 34.6 Å². The number of fused-ring (bicyclic) bond motifs is 1. The van der Waals surface area contributed by atoms with Gasteiger partial charge in [0.2, 0.25) is 17.7 Å². The molecule has 0 spiro atoms. The van der Waals surface area contributed by atoms with Gasteiger partial charge in [0.25, 0.3) is 0 Å². The number of rotatable bonds is 10. The number of aliphatic hydroxyl groups excluding tert-OH is 1. The molecule has 0 aliphatic carbocycles. The van der Waals surface area contributed by atoms with Gasteiger partial charge in [-0.25, -0.2) is 4.79 Å². The van der Waals surface area contributed by atoms with Gasteiger partial charge in [0.05, 0.1) is 25.1 Å². The molecule has 0 aromatic rings. The zero-order valence-corrected chi connectivity index (χ0v) is 15.6. The Balaban J connectivity index is 2.30. The van der Waals surface area contributed by atoms with E-state index in [-0.39, 0.29) is 37.8 Å². The molecule has 0 bridgehead atoms. The standard InChI is InChI=1S/C16H22N4O6S/c1-3-4-26-16(25)13-9(5-19(6-10(17)22)7-11(18)23)27-15-12(8(2)21)14(24)20(13)15/h3,8,12,15,21H,1,4-7H2,2H3,(H2,17,22)(H2,18,23)/t8-,12+,15-/m1/s1. The third-order valence-electron chi connectivity index (χ3n) is 4.02. The van der Waals surface area contributed by atoms with Crippen LogP contribution in [0.4, 0.5) is 0 Å². The topological polar surface area (TPSA) is 156 Å². The smallest absolute Gasteiger partial charge is 0.356 e. The minimum absolute atomic E-state index is 0.00186.